The Morgan fingerprint density at radius 1 is 0.909 bits per heavy atom. The Balaban J connectivity index is 1.99. The fourth-order valence-corrected chi connectivity index (χ4v) is 5.49. The summed E-state index contributed by atoms with van der Waals surface area (Å²) in [6.45, 7) is 4.17. The number of benzene rings is 2. The van der Waals surface area contributed by atoms with Gasteiger partial charge in [-0.1, -0.05) is 50.2 Å². The number of carbonyl (C=O) groups excluding carboxylic acids is 3. The lowest BCUT2D eigenvalue weighted by atomic mass is 9.61. The maximum Gasteiger partial charge on any atom is 0.323 e. The van der Waals surface area contributed by atoms with Crippen LogP contribution in [0, 0.1) is 11.3 Å². The minimum absolute atomic E-state index is 0.0847. The number of ketones is 1. The minimum atomic E-state index is -1.60. The van der Waals surface area contributed by atoms with Gasteiger partial charge in [-0.3, -0.25) is 14.4 Å². The molecule has 0 spiro atoms. The Bertz CT molecular complexity index is 1160. The van der Waals surface area contributed by atoms with Crippen molar-refractivity contribution < 1.29 is 28.6 Å². The molecule has 172 valence electrons. The van der Waals surface area contributed by atoms with E-state index in [9.17, 15) is 14.4 Å². The summed E-state index contributed by atoms with van der Waals surface area (Å²) in [5.41, 5.74) is 1.84. The van der Waals surface area contributed by atoms with E-state index in [4.69, 9.17) is 14.2 Å². The highest BCUT2D eigenvalue weighted by molar-refractivity contribution is 6.16. The molecule has 2 aliphatic rings. The van der Waals surface area contributed by atoms with Crippen molar-refractivity contribution in [2.75, 3.05) is 21.3 Å². The summed E-state index contributed by atoms with van der Waals surface area (Å²) in [5.74, 6) is -1.30. The molecular formula is C27H28O6. The molecule has 0 saturated heterocycles. The van der Waals surface area contributed by atoms with Crippen molar-refractivity contribution in [2.45, 2.75) is 32.1 Å². The van der Waals surface area contributed by atoms with E-state index in [0.29, 0.717) is 16.9 Å². The molecule has 33 heavy (non-hydrogen) atoms. The van der Waals surface area contributed by atoms with Gasteiger partial charge < -0.3 is 14.2 Å². The Hall–Kier alpha value is -3.41. The smallest absolute Gasteiger partial charge is 0.323 e. The van der Waals surface area contributed by atoms with Crippen LogP contribution in [0.5, 0.6) is 5.75 Å². The van der Waals surface area contributed by atoms with E-state index in [1.54, 1.807) is 24.3 Å². The predicted molar refractivity (Wildman–Crippen MR) is 123 cm³/mol. The molecule has 2 aromatic rings. The van der Waals surface area contributed by atoms with Crippen LogP contribution in [0.15, 0.2) is 54.1 Å². The Kier molecular flexibility index (Phi) is 5.64. The lowest BCUT2D eigenvalue weighted by Gasteiger charge is -2.41. The summed E-state index contributed by atoms with van der Waals surface area (Å²) in [4.78, 5) is 40.1. The zero-order valence-corrected chi connectivity index (χ0v) is 19.6. The number of methoxy groups -OCH3 is 3. The second-order valence-electron chi connectivity index (χ2n) is 9.22. The van der Waals surface area contributed by atoms with E-state index >= 15 is 0 Å². The van der Waals surface area contributed by atoms with Crippen LogP contribution in [0.4, 0.5) is 0 Å². The molecule has 2 aliphatic carbocycles. The summed E-state index contributed by atoms with van der Waals surface area (Å²) in [6, 6.07) is 14.9. The van der Waals surface area contributed by atoms with E-state index in [1.165, 1.54) is 21.3 Å². The van der Waals surface area contributed by atoms with Crippen molar-refractivity contribution in [1.82, 2.24) is 0 Å². The summed E-state index contributed by atoms with van der Waals surface area (Å²) in [7, 11) is 4.05. The minimum Gasteiger partial charge on any atom is -0.497 e. The normalized spacial score (nSPS) is 19.8. The number of fused-ring (bicyclic) bond motifs is 3. The highest BCUT2D eigenvalue weighted by Gasteiger charge is 2.59. The third-order valence-corrected chi connectivity index (χ3v) is 7.25. The third kappa shape index (κ3) is 3.36. The zero-order valence-electron chi connectivity index (χ0n) is 19.6. The van der Waals surface area contributed by atoms with Gasteiger partial charge in [0.25, 0.3) is 0 Å². The van der Waals surface area contributed by atoms with Gasteiger partial charge in [-0.05, 0) is 46.6 Å². The fourth-order valence-electron chi connectivity index (χ4n) is 5.49. The Labute approximate surface area is 193 Å². The number of carbonyl (C=O) groups is 3. The third-order valence-electron chi connectivity index (χ3n) is 7.25. The molecule has 6 heteroatoms. The number of ether oxygens (including phenoxy) is 3. The SMILES string of the molecule is COC(=O)C1(C(=O)OC)CC(C(=O)c2cccc(OC)c2)=C2c3ccccc3C(C)(C)C2C1. The topological polar surface area (TPSA) is 78.9 Å². The van der Waals surface area contributed by atoms with Crippen LogP contribution >= 0.6 is 0 Å². The first kappa shape index (κ1) is 22.8. The number of esters is 2. The molecule has 0 N–H and O–H groups in total. The fraction of sp³-hybridized carbons (Fsp3) is 0.370. The van der Waals surface area contributed by atoms with Crippen molar-refractivity contribution in [2.24, 2.45) is 11.3 Å². The summed E-state index contributed by atoms with van der Waals surface area (Å²) >= 11 is 0. The molecule has 0 amide bonds. The van der Waals surface area contributed by atoms with Gasteiger partial charge in [-0.2, -0.15) is 0 Å². The summed E-state index contributed by atoms with van der Waals surface area (Å²) in [6.07, 6.45) is 0.122. The Morgan fingerprint density at radius 3 is 2.21 bits per heavy atom. The van der Waals surface area contributed by atoms with Crippen LogP contribution in [0.1, 0.15) is 48.2 Å². The van der Waals surface area contributed by atoms with Gasteiger partial charge in [0.1, 0.15) is 5.75 Å². The summed E-state index contributed by atoms with van der Waals surface area (Å²) < 4.78 is 15.5. The highest BCUT2D eigenvalue weighted by Crippen LogP contribution is 2.60. The van der Waals surface area contributed by atoms with Crippen LogP contribution in [0.3, 0.4) is 0 Å². The molecular weight excluding hydrogens is 420 g/mol. The highest BCUT2D eigenvalue weighted by atomic mass is 16.5. The predicted octanol–water partition coefficient (Wildman–Crippen LogP) is 4.37. The number of Topliss-reactive ketones (excluding diaryl/α,β-unsaturated/α-hetero) is 1. The van der Waals surface area contributed by atoms with Gasteiger partial charge in [0, 0.05) is 17.6 Å². The van der Waals surface area contributed by atoms with Crippen molar-refractivity contribution in [3.8, 4) is 5.75 Å². The number of hydrogen-bond acceptors (Lipinski definition) is 6. The number of rotatable bonds is 5. The first-order chi connectivity index (χ1) is 15.7. The molecule has 0 bridgehead atoms. The molecule has 1 atom stereocenters. The molecule has 0 aliphatic heterocycles. The lowest BCUT2D eigenvalue weighted by molar-refractivity contribution is -0.170. The molecule has 0 radical (unpaired) electrons. The van der Waals surface area contributed by atoms with Crippen LogP contribution in [0.2, 0.25) is 0 Å². The van der Waals surface area contributed by atoms with Crippen molar-refractivity contribution in [1.29, 1.82) is 0 Å². The van der Waals surface area contributed by atoms with E-state index in [-0.39, 0.29) is 24.5 Å². The molecule has 2 aromatic carbocycles. The van der Waals surface area contributed by atoms with E-state index in [2.05, 4.69) is 13.8 Å². The van der Waals surface area contributed by atoms with Gasteiger partial charge in [0.05, 0.1) is 21.3 Å². The van der Waals surface area contributed by atoms with Gasteiger partial charge in [-0.15, -0.1) is 0 Å². The maximum atomic E-state index is 13.9. The van der Waals surface area contributed by atoms with E-state index < -0.39 is 22.8 Å². The van der Waals surface area contributed by atoms with Gasteiger partial charge in [-0.25, -0.2) is 0 Å². The van der Waals surface area contributed by atoms with E-state index in [0.717, 1.165) is 16.7 Å². The monoisotopic (exact) mass is 448 g/mol. The molecule has 0 aromatic heterocycles. The maximum absolute atomic E-state index is 13.9. The second-order valence-corrected chi connectivity index (χ2v) is 9.22. The molecule has 0 saturated carbocycles. The standard InChI is InChI=1S/C27H28O6/c1-26(2)20-12-7-6-11-18(20)22-19(23(28)16-9-8-10-17(13-16)31-3)14-27(15-21(22)26,24(29)32-4)25(30)33-5/h6-13,21H,14-15H2,1-5H3. The quantitative estimate of drug-likeness (QED) is 0.384. The Morgan fingerprint density at radius 2 is 1.58 bits per heavy atom. The van der Waals surface area contributed by atoms with Crippen LogP contribution < -0.4 is 4.74 Å². The largest absolute Gasteiger partial charge is 0.497 e. The van der Waals surface area contributed by atoms with Gasteiger partial charge >= 0.3 is 11.9 Å². The molecule has 6 nitrogen and oxygen atoms in total. The van der Waals surface area contributed by atoms with Crippen LogP contribution in [0.25, 0.3) is 5.57 Å². The second kappa shape index (κ2) is 8.18. The number of allylic oxidation sites excluding steroid dienone is 2. The van der Waals surface area contributed by atoms with Gasteiger partial charge in [0.15, 0.2) is 11.2 Å². The number of hydrogen-bond donors (Lipinski definition) is 0. The molecule has 1 unspecified atom stereocenters. The van der Waals surface area contributed by atoms with E-state index in [1.807, 2.05) is 24.3 Å². The molecule has 0 heterocycles. The summed E-state index contributed by atoms with van der Waals surface area (Å²) in [5, 5.41) is 0. The zero-order chi connectivity index (χ0) is 24.0. The van der Waals surface area contributed by atoms with Crippen molar-refractivity contribution in [3.05, 3.63) is 70.8 Å². The van der Waals surface area contributed by atoms with Crippen LogP contribution in [-0.4, -0.2) is 39.1 Å². The van der Waals surface area contributed by atoms with Crippen LogP contribution in [-0.2, 0) is 24.5 Å². The lowest BCUT2D eigenvalue weighted by Crippen LogP contribution is -2.48. The average Bonchev–Trinajstić information content (AvgIpc) is 3.08. The first-order valence-electron chi connectivity index (χ1n) is 10.9. The van der Waals surface area contributed by atoms with Crippen molar-refractivity contribution >= 4 is 23.3 Å². The molecule has 4 rings (SSSR count). The first-order valence-corrected chi connectivity index (χ1v) is 10.9. The molecule has 0 fully saturated rings. The average molecular weight is 449 g/mol. The van der Waals surface area contributed by atoms with Crippen molar-refractivity contribution in [3.63, 3.8) is 0 Å². The van der Waals surface area contributed by atoms with Gasteiger partial charge in [0.2, 0.25) is 0 Å².